The highest BCUT2D eigenvalue weighted by Gasteiger charge is 2.28. The van der Waals surface area contributed by atoms with Gasteiger partial charge in [0.2, 0.25) is 0 Å². The van der Waals surface area contributed by atoms with Crippen molar-refractivity contribution >= 4 is 17.5 Å². The summed E-state index contributed by atoms with van der Waals surface area (Å²) in [7, 11) is 1.40. The van der Waals surface area contributed by atoms with Crippen molar-refractivity contribution in [1.29, 1.82) is 0 Å². The van der Waals surface area contributed by atoms with Crippen LogP contribution < -0.4 is 16.6 Å². The number of nitrogens with zero attached hydrogens (tertiary/aromatic N) is 3. The summed E-state index contributed by atoms with van der Waals surface area (Å²) in [6, 6.07) is 4.35. The summed E-state index contributed by atoms with van der Waals surface area (Å²) < 4.78 is 6.64. The van der Waals surface area contributed by atoms with E-state index in [2.05, 4.69) is 10.4 Å². The lowest BCUT2D eigenvalue weighted by Crippen LogP contribution is -2.44. The highest BCUT2D eigenvalue weighted by molar-refractivity contribution is 6.33. The Morgan fingerprint density at radius 2 is 1.91 bits per heavy atom. The summed E-state index contributed by atoms with van der Waals surface area (Å²) in [4.78, 5) is 37.9. The Balaban J connectivity index is 1.83. The van der Waals surface area contributed by atoms with Gasteiger partial charge >= 0.3 is 5.69 Å². The number of aliphatic hydroxyl groups excluding tert-OH is 1. The van der Waals surface area contributed by atoms with E-state index in [0.717, 1.165) is 47.5 Å². The van der Waals surface area contributed by atoms with E-state index in [1.165, 1.54) is 25.3 Å². The van der Waals surface area contributed by atoms with Crippen molar-refractivity contribution in [2.45, 2.75) is 63.2 Å². The average molecular weight is 495 g/mol. The molecule has 1 aromatic heterocycles. The van der Waals surface area contributed by atoms with Crippen molar-refractivity contribution in [3.8, 4) is 5.69 Å². The molecule has 0 aliphatic heterocycles. The quantitative estimate of drug-likeness (QED) is 0.502. The Hall–Kier alpha value is -2.53. The molecule has 1 fully saturated rings. The molecule has 3 N–H and O–H groups in total. The molecule has 1 heterocycles. The molecule has 186 valence electrons. The first kappa shape index (κ1) is 26.1. The van der Waals surface area contributed by atoms with Crippen molar-refractivity contribution in [3.63, 3.8) is 0 Å². The van der Waals surface area contributed by atoms with E-state index in [1.807, 2.05) is 0 Å². The first-order valence-corrected chi connectivity index (χ1v) is 11.8. The van der Waals surface area contributed by atoms with E-state index in [4.69, 9.17) is 16.3 Å². The molecule has 2 aromatic rings. The number of halogens is 1. The predicted octanol–water partition coefficient (Wildman–Crippen LogP) is 1.26. The highest BCUT2D eigenvalue weighted by Crippen LogP contribution is 2.26. The van der Waals surface area contributed by atoms with Crippen LogP contribution >= 0.6 is 11.6 Å². The summed E-state index contributed by atoms with van der Waals surface area (Å²) in [6.07, 6.45) is 6.26. The van der Waals surface area contributed by atoms with Crippen LogP contribution in [0, 0.1) is 0 Å². The summed E-state index contributed by atoms with van der Waals surface area (Å²) in [5.74, 6) is -0.487. The minimum atomic E-state index is -1.06. The van der Waals surface area contributed by atoms with Gasteiger partial charge in [-0.2, -0.15) is 9.78 Å². The minimum absolute atomic E-state index is 0.0498. The first-order valence-electron chi connectivity index (χ1n) is 11.4. The van der Waals surface area contributed by atoms with Gasteiger partial charge in [0.1, 0.15) is 6.20 Å². The largest absolute Gasteiger partial charge is 0.389 e. The van der Waals surface area contributed by atoms with Gasteiger partial charge < -0.3 is 20.3 Å². The van der Waals surface area contributed by atoms with Crippen LogP contribution in [0.4, 0.5) is 0 Å². The van der Waals surface area contributed by atoms with Gasteiger partial charge in [0, 0.05) is 13.7 Å². The molecule has 1 saturated carbocycles. The smallest absolute Gasteiger partial charge is 0.352 e. The van der Waals surface area contributed by atoms with Gasteiger partial charge in [0.05, 0.1) is 41.1 Å². The van der Waals surface area contributed by atoms with E-state index in [9.17, 15) is 24.6 Å². The summed E-state index contributed by atoms with van der Waals surface area (Å²) >= 11 is 6.25. The highest BCUT2D eigenvalue weighted by atomic mass is 35.5. The Morgan fingerprint density at radius 1 is 1.24 bits per heavy atom. The van der Waals surface area contributed by atoms with Gasteiger partial charge in [0.25, 0.3) is 11.5 Å². The van der Waals surface area contributed by atoms with Crippen molar-refractivity contribution in [2.24, 2.45) is 0 Å². The monoisotopic (exact) mass is 494 g/mol. The molecule has 1 aromatic carbocycles. The summed E-state index contributed by atoms with van der Waals surface area (Å²) in [5.41, 5.74) is -2.08. The maximum Gasteiger partial charge on any atom is 0.352 e. The Labute approximate surface area is 202 Å². The molecule has 1 amide bonds. The molecule has 0 spiro atoms. The number of carbonyl (C=O) groups excluding carboxylic acids is 1. The van der Waals surface area contributed by atoms with Crippen LogP contribution in [0.1, 0.15) is 55.3 Å². The minimum Gasteiger partial charge on any atom is -0.389 e. The molecule has 0 bridgehead atoms. The molecule has 1 aliphatic rings. The van der Waals surface area contributed by atoms with Crippen LogP contribution in [-0.4, -0.2) is 62.4 Å². The van der Waals surface area contributed by atoms with Crippen LogP contribution in [0.5, 0.6) is 0 Å². The fourth-order valence-corrected chi connectivity index (χ4v) is 4.34. The molecule has 1 aliphatic carbocycles. The van der Waals surface area contributed by atoms with E-state index < -0.39 is 28.9 Å². The molecule has 0 saturated heterocycles. The molecule has 11 heteroatoms. The third-order valence-electron chi connectivity index (χ3n) is 6.02. The van der Waals surface area contributed by atoms with Gasteiger partial charge in [0.15, 0.2) is 0 Å². The van der Waals surface area contributed by atoms with Gasteiger partial charge in [-0.25, -0.2) is 4.79 Å². The average Bonchev–Trinajstić information content (AvgIpc) is 2.79. The standard InChI is InChI=1S/C23H31ClN4O6/c1-34-14-17(29)13-27-20(30)12-26-28(22(27)32)16-7-8-19(24)18(11-16)21(31)25-15-23(33)9-5-3-2-4-6-10-23/h7-8,11-12,17,29,33H,2-6,9-10,13-15H2,1H3,(H,25,31)/t17-/m1/s1. The van der Waals surface area contributed by atoms with Crippen molar-refractivity contribution in [1.82, 2.24) is 19.7 Å². The molecule has 3 rings (SSSR count). The fourth-order valence-electron chi connectivity index (χ4n) is 4.14. The van der Waals surface area contributed by atoms with Crippen LogP contribution in [0.25, 0.3) is 5.69 Å². The summed E-state index contributed by atoms with van der Waals surface area (Å²) in [5, 5.41) is 27.7. The van der Waals surface area contributed by atoms with E-state index >= 15 is 0 Å². The van der Waals surface area contributed by atoms with Crippen LogP contribution in [0.3, 0.4) is 0 Å². The van der Waals surface area contributed by atoms with Crippen LogP contribution in [0.15, 0.2) is 34.0 Å². The van der Waals surface area contributed by atoms with Gasteiger partial charge in [-0.15, -0.1) is 0 Å². The number of nitrogens with one attached hydrogen (secondary N) is 1. The van der Waals surface area contributed by atoms with E-state index in [-0.39, 0.29) is 36.0 Å². The zero-order valence-corrected chi connectivity index (χ0v) is 20.0. The first-order chi connectivity index (χ1) is 16.2. The lowest BCUT2D eigenvalue weighted by molar-refractivity contribution is 0.0146. The second-order valence-corrected chi connectivity index (χ2v) is 9.14. The lowest BCUT2D eigenvalue weighted by atomic mass is 9.87. The van der Waals surface area contributed by atoms with Crippen LogP contribution in [-0.2, 0) is 11.3 Å². The molecule has 0 radical (unpaired) electrons. The zero-order valence-electron chi connectivity index (χ0n) is 19.2. The number of hydrogen-bond acceptors (Lipinski definition) is 7. The molecule has 34 heavy (non-hydrogen) atoms. The number of aliphatic hydroxyl groups is 2. The Morgan fingerprint density at radius 3 is 2.59 bits per heavy atom. The second kappa shape index (κ2) is 11.7. The third-order valence-corrected chi connectivity index (χ3v) is 6.35. The maximum atomic E-state index is 12.9. The zero-order chi connectivity index (χ0) is 24.7. The number of hydrogen-bond donors (Lipinski definition) is 3. The molecule has 1 atom stereocenters. The number of carbonyl (C=O) groups is 1. The maximum absolute atomic E-state index is 12.9. The summed E-state index contributed by atoms with van der Waals surface area (Å²) in [6.45, 7) is -0.216. The lowest BCUT2D eigenvalue weighted by Gasteiger charge is -2.30. The molecule has 10 nitrogen and oxygen atoms in total. The Kier molecular flexibility index (Phi) is 9.01. The second-order valence-electron chi connectivity index (χ2n) is 8.74. The Bertz CT molecular complexity index is 1110. The van der Waals surface area contributed by atoms with Crippen molar-refractivity contribution in [2.75, 3.05) is 20.3 Å². The van der Waals surface area contributed by atoms with Gasteiger partial charge in [-0.1, -0.05) is 43.7 Å². The number of methoxy groups -OCH3 is 1. The number of amides is 1. The number of benzene rings is 1. The normalized spacial score (nSPS) is 16.9. The molecular weight excluding hydrogens is 464 g/mol. The van der Waals surface area contributed by atoms with Gasteiger partial charge in [-0.3, -0.25) is 14.2 Å². The third kappa shape index (κ3) is 6.53. The number of aromatic nitrogens is 3. The predicted molar refractivity (Wildman–Crippen MR) is 127 cm³/mol. The number of ether oxygens (including phenoxy) is 1. The number of rotatable bonds is 8. The SMILES string of the molecule is COC[C@H](O)Cn1c(=O)cnn(-c2ccc(Cl)c(C(=O)NCC3(O)CCCCCCC3)c2)c1=O. The molecular formula is C23H31ClN4O6. The van der Waals surface area contributed by atoms with Crippen molar-refractivity contribution in [3.05, 3.63) is 55.8 Å². The fraction of sp³-hybridized carbons (Fsp3) is 0.565. The van der Waals surface area contributed by atoms with E-state index in [0.29, 0.717) is 12.8 Å². The van der Waals surface area contributed by atoms with Gasteiger partial charge in [-0.05, 0) is 31.0 Å². The topological polar surface area (TPSA) is 136 Å². The van der Waals surface area contributed by atoms with Crippen LogP contribution in [0.2, 0.25) is 5.02 Å². The van der Waals surface area contributed by atoms with E-state index in [1.54, 1.807) is 0 Å². The van der Waals surface area contributed by atoms with Crippen molar-refractivity contribution < 1.29 is 19.7 Å². The molecule has 0 unspecified atom stereocenters.